The predicted molar refractivity (Wildman–Crippen MR) is 29.1 cm³/mol. The molecule has 0 unspecified atom stereocenters. The Hall–Kier alpha value is -0.437. The summed E-state index contributed by atoms with van der Waals surface area (Å²) in [6.07, 6.45) is 0.0866. The van der Waals surface area contributed by atoms with E-state index in [0.717, 1.165) is 0 Å². The molecule has 0 spiro atoms. The summed E-state index contributed by atoms with van der Waals surface area (Å²) in [5.41, 5.74) is 0. The first-order valence-electron chi connectivity index (χ1n) is 2.56. The fourth-order valence-corrected chi connectivity index (χ4v) is 0.391. The van der Waals surface area contributed by atoms with Crippen molar-refractivity contribution >= 4 is 11.9 Å². The van der Waals surface area contributed by atoms with Gasteiger partial charge in [-0.1, -0.05) is 0 Å². The first kappa shape index (κ1) is 12.3. The Bertz CT molecular complexity index is 109. The minimum absolute atomic E-state index is 0. The molecular formula is C5H8O4Zn+2. The van der Waals surface area contributed by atoms with Crippen LogP contribution in [-0.4, -0.2) is 22.2 Å². The van der Waals surface area contributed by atoms with Crippen molar-refractivity contribution < 1.29 is 39.3 Å². The molecule has 10 heavy (non-hydrogen) atoms. The number of hydrogen-bond donors (Lipinski definition) is 2. The predicted octanol–water partition coefficient (Wildman–Crippen LogP) is 0.323. The third kappa shape index (κ3) is 10.5. The van der Waals surface area contributed by atoms with Crippen molar-refractivity contribution in [3.8, 4) is 0 Å². The second-order valence-corrected chi connectivity index (χ2v) is 1.64. The van der Waals surface area contributed by atoms with Gasteiger partial charge in [-0.3, -0.25) is 9.59 Å². The van der Waals surface area contributed by atoms with Gasteiger partial charge < -0.3 is 10.2 Å². The zero-order valence-electron chi connectivity index (χ0n) is 5.54. The molecule has 0 atom stereocenters. The summed E-state index contributed by atoms with van der Waals surface area (Å²) >= 11 is 0. The molecule has 52 valence electrons. The Kier molecular flexibility index (Phi) is 8.19. The Balaban J connectivity index is 0. The maximum Gasteiger partial charge on any atom is 2.00 e. The summed E-state index contributed by atoms with van der Waals surface area (Å²) in [5.74, 6) is -1.90. The van der Waals surface area contributed by atoms with Crippen LogP contribution < -0.4 is 0 Å². The van der Waals surface area contributed by atoms with Crippen molar-refractivity contribution in [2.75, 3.05) is 0 Å². The van der Waals surface area contributed by atoms with Gasteiger partial charge in [-0.25, -0.2) is 0 Å². The van der Waals surface area contributed by atoms with Gasteiger partial charge in [-0.15, -0.1) is 0 Å². The zero-order chi connectivity index (χ0) is 7.28. The fourth-order valence-electron chi connectivity index (χ4n) is 0.391. The van der Waals surface area contributed by atoms with Crippen molar-refractivity contribution in [1.82, 2.24) is 0 Å². The van der Waals surface area contributed by atoms with Crippen molar-refractivity contribution in [2.45, 2.75) is 19.3 Å². The quantitative estimate of drug-likeness (QED) is 0.637. The largest absolute Gasteiger partial charge is 2.00 e. The molecule has 0 aromatic rings. The summed E-state index contributed by atoms with van der Waals surface area (Å²) in [6.45, 7) is 0. The Morgan fingerprint density at radius 3 is 1.50 bits per heavy atom. The number of aliphatic carboxylic acids is 2. The van der Waals surface area contributed by atoms with E-state index in [1.54, 1.807) is 0 Å². The minimum Gasteiger partial charge on any atom is -0.481 e. The second-order valence-electron chi connectivity index (χ2n) is 1.64. The van der Waals surface area contributed by atoms with Gasteiger partial charge >= 0.3 is 31.4 Å². The van der Waals surface area contributed by atoms with Gasteiger partial charge in [0.15, 0.2) is 0 Å². The van der Waals surface area contributed by atoms with E-state index < -0.39 is 11.9 Å². The van der Waals surface area contributed by atoms with Crippen LogP contribution in [0, 0.1) is 0 Å². The molecule has 0 aromatic carbocycles. The van der Waals surface area contributed by atoms with Gasteiger partial charge in [0.2, 0.25) is 0 Å². The molecule has 0 aliphatic carbocycles. The van der Waals surface area contributed by atoms with Gasteiger partial charge in [0, 0.05) is 12.8 Å². The Morgan fingerprint density at radius 2 is 1.30 bits per heavy atom. The molecule has 0 heterocycles. The number of hydrogen-bond acceptors (Lipinski definition) is 2. The van der Waals surface area contributed by atoms with Gasteiger partial charge in [0.25, 0.3) is 0 Å². The van der Waals surface area contributed by atoms with E-state index in [1.807, 2.05) is 0 Å². The van der Waals surface area contributed by atoms with Crippen molar-refractivity contribution in [2.24, 2.45) is 0 Å². The van der Waals surface area contributed by atoms with Gasteiger partial charge in [0.05, 0.1) is 0 Å². The van der Waals surface area contributed by atoms with E-state index in [2.05, 4.69) is 0 Å². The van der Waals surface area contributed by atoms with Crippen LogP contribution in [0.1, 0.15) is 19.3 Å². The number of carboxylic acid groups (broad SMARTS) is 2. The smallest absolute Gasteiger partial charge is 0.481 e. The Morgan fingerprint density at radius 1 is 1.00 bits per heavy atom. The van der Waals surface area contributed by atoms with Crippen LogP contribution in [0.25, 0.3) is 0 Å². The van der Waals surface area contributed by atoms with Crippen molar-refractivity contribution in [3.05, 3.63) is 0 Å². The molecule has 0 fully saturated rings. The van der Waals surface area contributed by atoms with Crippen LogP contribution in [0.2, 0.25) is 0 Å². The molecule has 2 N–H and O–H groups in total. The van der Waals surface area contributed by atoms with Gasteiger partial charge in [-0.2, -0.15) is 0 Å². The molecule has 0 aliphatic heterocycles. The van der Waals surface area contributed by atoms with E-state index in [9.17, 15) is 9.59 Å². The zero-order valence-corrected chi connectivity index (χ0v) is 8.51. The van der Waals surface area contributed by atoms with Crippen LogP contribution in [0.5, 0.6) is 0 Å². The molecule has 0 aromatic heterocycles. The SMILES string of the molecule is O=C(O)CCCC(=O)O.[Zn+2]. The second kappa shape index (κ2) is 6.68. The van der Waals surface area contributed by atoms with E-state index in [4.69, 9.17) is 10.2 Å². The standard InChI is InChI=1S/C5H8O4.Zn/c6-4(7)2-1-3-5(8)9;/h1-3H2,(H,6,7)(H,8,9);/q;+2. The first-order chi connectivity index (χ1) is 4.13. The topological polar surface area (TPSA) is 74.6 Å². The normalized spacial score (nSPS) is 8.00. The van der Waals surface area contributed by atoms with Crippen LogP contribution in [0.3, 0.4) is 0 Å². The maximum atomic E-state index is 9.79. The van der Waals surface area contributed by atoms with Crippen molar-refractivity contribution in [1.29, 1.82) is 0 Å². The molecule has 4 nitrogen and oxygen atoms in total. The number of carboxylic acids is 2. The van der Waals surface area contributed by atoms with Crippen LogP contribution in [-0.2, 0) is 29.1 Å². The average molecular weight is 198 g/mol. The summed E-state index contributed by atoms with van der Waals surface area (Å²) in [4.78, 5) is 19.6. The van der Waals surface area contributed by atoms with Gasteiger partial charge in [0.1, 0.15) is 0 Å². The molecule has 0 rings (SSSR count). The van der Waals surface area contributed by atoms with Crippen LogP contribution in [0.15, 0.2) is 0 Å². The molecule has 0 aliphatic rings. The third-order valence-electron chi connectivity index (χ3n) is 0.781. The molecule has 0 saturated heterocycles. The summed E-state index contributed by atoms with van der Waals surface area (Å²) in [7, 11) is 0. The van der Waals surface area contributed by atoms with Crippen LogP contribution >= 0.6 is 0 Å². The summed E-state index contributed by atoms with van der Waals surface area (Å²) < 4.78 is 0. The number of carbonyl (C=O) groups is 2. The average Bonchev–Trinajstić information content (AvgIpc) is 1.63. The Labute approximate surface area is 71.0 Å². The minimum atomic E-state index is -0.948. The first-order valence-corrected chi connectivity index (χ1v) is 2.56. The molecular weight excluding hydrogens is 189 g/mol. The third-order valence-corrected chi connectivity index (χ3v) is 0.781. The van der Waals surface area contributed by atoms with E-state index in [1.165, 1.54) is 0 Å². The van der Waals surface area contributed by atoms with Crippen LogP contribution in [0.4, 0.5) is 0 Å². The van der Waals surface area contributed by atoms with E-state index in [0.29, 0.717) is 0 Å². The molecule has 0 radical (unpaired) electrons. The van der Waals surface area contributed by atoms with E-state index >= 15 is 0 Å². The maximum absolute atomic E-state index is 9.79. The molecule has 5 heteroatoms. The van der Waals surface area contributed by atoms with Crippen molar-refractivity contribution in [3.63, 3.8) is 0 Å². The molecule has 0 amide bonds. The molecule has 0 saturated carbocycles. The fraction of sp³-hybridized carbons (Fsp3) is 0.600. The summed E-state index contributed by atoms with van der Waals surface area (Å²) in [6, 6.07) is 0. The number of rotatable bonds is 4. The van der Waals surface area contributed by atoms with Gasteiger partial charge in [-0.05, 0) is 6.42 Å². The van der Waals surface area contributed by atoms with E-state index in [-0.39, 0.29) is 38.7 Å². The monoisotopic (exact) mass is 196 g/mol. The molecule has 0 bridgehead atoms. The summed E-state index contributed by atoms with van der Waals surface area (Å²) in [5, 5.41) is 16.1.